The van der Waals surface area contributed by atoms with Crippen molar-refractivity contribution in [2.24, 2.45) is 0 Å². The lowest BCUT2D eigenvalue weighted by atomic mass is 9.93. The molecular formula is C12H11NO2. The fourth-order valence-electron chi connectivity index (χ4n) is 2.15. The van der Waals surface area contributed by atoms with Crippen molar-refractivity contribution in [1.82, 2.24) is 0 Å². The van der Waals surface area contributed by atoms with Gasteiger partial charge in [0.2, 0.25) is 0 Å². The van der Waals surface area contributed by atoms with Crippen LogP contribution in [0.15, 0.2) is 18.2 Å². The fourth-order valence-corrected chi connectivity index (χ4v) is 2.15. The molecule has 1 aromatic rings. The first-order chi connectivity index (χ1) is 7.12. The molecule has 0 unspecified atom stereocenters. The molecule has 0 spiro atoms. The average molecular weight is 201 g/mol. The molecule has 0 aromatic heterocycles. The monoisotopic (exact) mass is 201 g/mol. The molecule has 76 valence electrons. The van der Waals surface area contributed by atoms with Gasteiger partial charge in [0.25, 0.3) is 0 Å². The Morgan fingerprint density at radius 2 is 2.20 bits per heavy atom. The molecule has 1 saturated heterocycles. The third kappa shape index (κ3) is 1.15. The van der Waals surface area contributed by atoms with Crippen LogP contribution in [-0.4, -0.2) is 11.7 Å². The van der Waals surface area contributed by atoms with Gasteiger partial charge in [0, 0.05) is 5.56 Å². The number of ether oxygens (including phenoxy) is 2. The highest BCUT2D eigenvalue weighted by Gasteiger charge is 2.56. The fraction of sp³-hybridized carbons (Fsp3) is 0.417. The molecular weight excluding hydrogens is 190 g/mol. The third-order valence-corrected chi connectivity index (χ3v) is 3.00. The van der Waals surface area contributed by atoms with Crippen LogP contribution in [0, 0.1) is 11.3 Å². The molecule has 2 heterocycles. The Hall–Kier alpha value is -1.53. The summed E-state index contributed by atoms with van der Waals surface area (Å²) in [6, 6.07) is 7.61. The van der Waals surface area contributed by atoms with E-state index in [4.69, 9.17) is 14.7 Å². The summed E-state index contributed by atoms with van der Waals surface area (Å²) in [6.07, 6.45) is 0.260. The van der Waals surface area contributed by atoms with E-state index in [1.165, 1.54) is 0 Å². The maximum atomic E-state index is 8.81. The molecule has 15 heavy (non-hydrogen) atoms. The lowest BCUT2D eigenvalue weighted by Crippen LogP contribution is -2.37. The molecule has 0 amide bonds. The van der Waals surface area contributed by atoms with Crippen molar-refractivity contribution in [3.8, 4) is 11.8 Å². The smallest absolute Gasteiger partial charge is 0.132 e. The minimum absolute atomic E-state index is 0.122. The summed E-state index contributed by atoms with van der Waals surface area (Å²) in [5.41, 5.74) is 1.41. The zero-order valence-corrected chi connectivity index (χ0v) is 8.65. The molecule has 0 bridgehead atoms. The van der Waals surface area contributed by atoms with Crippen LogP contribution < -0.4 is 4.74 Å². The number of rotatable bonds is 0. The highest BCUT2D eigenvalue weighted by atomic mass is 16.6. The van der Waals surface area contributed by atoms with E-state index < -0.39 is 0 Å². The SMILES string of the molecule is CC1(C)Oc2ccc(C#N)cc2[C@H]2O[C@@H]21. The number of fused-ring (bicyclic) bond motifs is 3. The Labute approximate surface area is 88.2 Å². The first kappa shape index (κ1) is 8.75. The molecule has 2 atom stereocenters. The van der Waals surface area contributed by atoms with Crippen LogP contribution in [0.5, 0.6) is 5.75 Å². The number of hydrogen-bond acceptors (Lipinski definition) is 3. The molecule has 3 rings (SSSR count). The quantitative estimate of drug-likeness (QED) is 0.604. The van der Waals surface area contributed by atoms with Gasteiger partial charge in [-0.2, -0.15) is 5.26 Å². The van der Waals surface area contributed by atoms with E-state index in [1.54, 1.807) is 6.07 Å². The number of benzene rings is 1. The molecule has 3 nitrogen and oxygen atoms in total. The number of hydrogen-bond donors (Lipinski definition) is 0. The zero-order chi connectivity index (χ0) is 10.6. The van der Waals surface area contributed by atoms with Crippen molar-refractivity contribution in [2.75, 3.05) is 0 Å². The lowest BCUT2D eigenvalue weighted by Gasteiger charge is -2.29. The molecule has 0 N–H and O–H groups in total. The maximum absolute atomic E-state index is 8.81. The second kappa shape index (κ2) is 2.53. The van der Waals surface area contributed by atoms with Gasteiger partial charge in [-0.25, -0.2) is 0 Å². The number of nitrogens with zero attached hydrogens (tertiary/aromatic N) is 1. The van der Waals surface area contributed by atoms with Crippen LogP contribution in [0.2, 0.25) is 0 Å². The summed E-state index contributed by atoms with van der Waals surface area (Å²) in [6.45, 7) is 4.05. The first-order valence-corrected chi connectivity index (χ1v) is 5.00. The van der Waals surface area contributed by atoms with Gasteiger partial charge in [-0.15, -0.1) is 0 Å². The van der Waals surface area contributed by atoms with Gasteiger partial charge in [0.15, 0.2) is 0 Å². The predicted octanol–water partition coefficient (Wildman–Crippen LogP) is 2.17. The molecule has 3 heteroatoms. The van der Waals surface area contributed by atoms with Crippen LogP contribution in [0.4, 0.5) is 0 Å². The van der Waals surface area contributed by atoms with E-state index >= 15 is 0 Å². The van der Waals surface area contributed by atoms with Crippen molar-refractivity contribution < 1.29 is 9.47 Å². The van der Waals surface area contributed by atoms with E-state index in [1.807, 2.05) is 26.0 Å². The van der Waals surface area contributed by atoms with E-state index in [9.17, 15) is 0 Å². The predicted molar refractivity (Wildman–Crippen MR) is 53.5 cm³/mol. The summed E-state index contributed by atoms with van der Waals surface area (Å²) < 4.78 is 11.4. The van der Waals surface area contributed by atoms with E-state index in [2.05, 4.69) is 6.07 Å². The van der Waals surface area contributed by atoms with Crippen molar-refractivity contribution in [2.45, 2.75) is 31.7 Å². The van der Waals surface area contributed by atoms with E-state index in [0.29, 0.717) is 5.56 Å². The largest absolute Gasteiger partial charge is 0.485 e. The summed E-state index contributed by atoms with van der Waals surface area (Å²) in [5, 5.41) is 8.81. The third-order valence-electron chi connectivity index (χ3n) is 3.00. The number of epoxide rings is 1. The van der Waals surface area contributed by atoms with Gasteiger partial charge in [0.05, 0.1) is 11.6 Å². The standard InChI is InChI=1S/C12H11NO2/c1-12(2)11-10(14-11)8-5-7(6-13)3-4-9(8)15-12/h3-5,10-11H,1-2H3/t10-,11+/m1/s1. The van der Waals surface area contributed by atoms with Gasteiger partial charge >= 0.3 is 0 Å². The second-order valence-corrected chi connectivity index (χ2v) is 4.55. The summed E-state index contributed by atoms with van der Waals surface area (Å²) in [5.74, 6) is 0.845. The topological polar surface area (TPSA) is 45.5 Å². The average Bonchev–Trinajstić information content (AvgIpc) is 2.97. The Balaban J connectivity index is 2.10. The summed E-state index contributed by atoms with van der Waals surface area (Å²) in [4.78, 5) is 0. The van der Waals surface area contributed by atoms with Gasteiger partial charge in [-0.05, 0) is 32.0 Å². The summed E-state index contributed by atoms with van der Waals surface area (Å²) in [7, 11) is 0. The first-order valence-electron chi connectivity index (χ1n) is 5.00. The maximum Gasteiger partial charge on any atom is 0.132 e. The molecule has 2 aliphatic heterocycles. The molecule has 0 radical (unpaired) electrons. The van der Waals surface area contributed by atoms with Gasteiger partial charge in [-0.3, -0.25) is 0 Å². The van der Waals surface area contributed by atoms with Crippen LogP contribution in [0.1, 0.15) is 31.1 Å². The Kier molecular flexibility index (Phi) is 1.48. The minimum Gasteiger partial charge on any atom is -0.485 e. The van der Waals surface area contributed by atoms with Crippen LogP contribution in [0.3, 0.4) is 0 Å². The number of nitriles is 1. The van der Waals surface area contributed by atoms with Crippen LogP contribution in [0.25, 0.3) is 0 Å². The molecule has 2 aliphatic rings. The molecule has 0 aliphatic carbocycles. The summed E-state index contributed by atoms with van der Waals surface area (Å²) >= 11 is 0. The van der Waals surface area contributed by atoms with E-state index in [0.717, 1.165) is 11.3 Å². The normalized spacial score (nSPS) is 29.4. The Morgan fingerprint density at radius 1 is 1.40 bits per heavy atom. The van der Waals surface area contributed by atoms with Crippen molar-refractivity contribution in [3.63, 3.8) is 0 Å². The molecule has 1 aromatic carbocycles. The Bertz CT molecular complexity index is 473. The van der Waals surface area contributed by atoms with Gasteiger partial charge in [-0.1, -0.05) is 0 Å². The molecule has 1 fully saturated rings. The van der Waals surface area contributed by atoms with Crippen molar-refractivity contribution >= 4 is 0 Å². The highest BCUT2D eigenvalue weighted by Crippen LogP contribution is 2.53. The van der Waals surface area contributed by atoms with Gasteiger partial charge < -0.3 is 9.47 Å². The highest BCUT2D eigenvalue weighted by molar-refractivity contribution is 5.47. The Morgan fingerprint density at radius 3 is 2.93 bits per heavy atom. The minimum atomic E-state index is -0.258. The van der Waals surface area contributed by atoms with Crippen LogP contribution in [-0.2, 0) is 4.74 Å². The second-order valence-electron chi connectivity index (χ2n) is 4.55. The van der Waals surface area contributed by atoms with E-state index in [-0.39, 0.29) is 17.8 Å². The van der Waals surface area contributed by atoms with Crippen LogP contribution >= 0.6 is 0 Å². The zero-order valence-electron chi connectivity index (χ0n) is 8.65. The van der Waals surface area contributed by atoms with Crippen molar-refractivity contribution in [1.29, 1.82) is 5.26 Å². The molecule has 0 saturated carbocycles. The lowest BCUT2D eigenvalue weighted by molar-refractivity contribution is 0.0725. The van der Waals surface area contributed by atoms with Gasteiger partial charge in [0.1, 0.15) is 23.6 Å². The van der Waals surface area contributed by atoms with Crippen molar-refractivity contribution in [3.05, 3.63) is 29.3 Å².